The highest BCUT2D eigenvalue weighted by molar-refractivity contribution is 7.15. The highest BCUT2D eigenvalue weighted by Gasteiger charge is 2.10. The SMILES string of the molecule is CCc1ccc(-c2ccc(C(=O)N(C)CC)cc2)s1. The molecule has 1 aromatic heterocycles. The minimum Gasteiger partial charge on any atom is -0.342 e. The highest BCUT2D eigenvalue weighted by Crippen LogP contribution is 2.28. The van der Waals surface area contributed by atoms with Crippen LogP contribution >= 0.6 is 11.3 Å². The summed E-state index contributed by atoms with van der Waals surface area (Å²) >= 11 is 1.82. The van der Waals surface area contributed by atoms with Gasteiger partial charge in [-0.1, -0.05) is 19.1 Å². The van der Waals surface area contributed by atoms with Crippen LogP contribution in [0.4, 0.5) is 0 Å². The average molecular weight is 273 g/mol. The van der Waals surface area contributed by atoms with E-state index in [1.165, 1.54) is 15.3 Å². The predicted molar refractivity (Wildman–Crippen MR) is 81.8 cm³/mol. The van der Waals surface area contributed by atoms with Crippen LogP contribution < -0.4 is 0 Å². The second kappa shape index (κ2) is 6.02. The Labute approximate surface area is 118 Å². The van der Waals surface area contributed by atoms with E-state index in [2.05, 4.69) is 19.1 Å². The molecule has 1 amide bonds. The molecule has 0 atom stereocenters. The number of thiophene rings is 1. The number of aryl methyl sites for hydroxylation is 1. The first kappa shape index (κ1) is 13.8. The monoisotopic (exact) mass is 273 g/mol. The quantitative estimate of drug-likeness (QED) is 0.822. The molecule has 0 aliphatic heterocycles. The van der Waals surface area contributed by atoms with Crippen LogP contribution in [0.3, 0.4) is 0 Å². The van der Waals surface area contributed by atoms with E-state index in [1.807, 2.05) is 49.6 Å². The Kier molecular flexibility index (Phi) is 4.38. The van der Waals surface area contributed by atoms with Gasteiger partial charge in [-0.15, -0.1) is 11.3 Å². The van der Waals surface area contributed by atoms with E-state index >= 15 is 0 Å². The average Bonchev–Trinajstić information content (AvgIpc) is 2.94. The molecule has 2 nitrogen and oxygen atoms in total. The van der Waals surface area contributed by atoms with Crippen molar-refractivity contribution in [1.29, 1.82) is 0 Å². The number of hydrogen-bond acceptors (Lipinski definition) is 2. The zero-order valence-corrected chi connectivity index (χ0v) is 12.5. The fourth-order valence-electron chi connectivity index (χ4n) is 1.86. The van der Waals surface area contributed by atoms with Crippen LogP contribution in [0.1, 0.15) is 29.1 Å². The summed E-state index contributed by atoms with van der Waals surface area (Å²) in [4.78, 5) is 16.4. The number of carbonyl (C=O) groups excluding carboxylic acids is 1. The number of rotatable bonds is 4. The van der Waals surface area contributed by atoms with Crippen molar-refractivity contribution in [3.05, 3.63) is 46.8 Å². The van der Waals surface area contributed by atoms with Gasteiger partial charge in [0.15, 0.2) is 0 Å². The van der Waals surface area contributed by atoms with Crippen molar-refractivity contribution in [2.45, 2.75) is 20.3 Å². The lowest BCUT2D eigenvalue weighted by atomic mass is 10.1. The molecule has 0 unspecified atom stereocenters. The summed E-state index contributed by atoms with van der Waals surface area (Å²) in [6.07, 6.45) is 1.07. The maximum atomic E-state index is 12.0. The fraction of sp³-hybridized carbons (Fsp3) is 0.312. The van der Waals surface area contributed by atoms with Crippen LogP contribution in [-0.2, 0) is 6.42 Å². The number of hydrogen-bond donors (Lipinski definition) is 0. The Morgan fingerprint density at radius 3 is 2.32 bits per heavy atom. The van der Waals surface area contributed by atoms with Gasteiger partial charge in [-0.05, 0) is 43.2 Å². The third-order valence-corrected chi connectivity index (χ3v) is 4.53. The number of nitrogens with zero attached hydrogens (tertiary/aromatic N) is 1. The van der Waals surface area contributed by atoms with Gasteiger partial charge in [0.25, 0.3) is 5.91 Å². The van der Waals surface area contributed by atoms with E-state index < -0.39 is 0 Å². The van der Waals surface area contributed by atoms with Crippen LogP contribution in [0.2, 0.25) is 0 Å². The van der Waals surface area contributed by atoms with E-state index in [4.69, 9.17) is 0 Å². The van der Waals surface area contributed by atoms with E-state index in [0.29, 0.717) is 0 Å². The molecule has 2 aromatic rings. The molecule has 0 saturated carbocycles. The van der Waals surface area contributed by atoms with Gasteiger partial charge in [0, 0.05) is 28.9 Å². The summed E-state index contributed by atoms with van der Waals surface area (Å²) in [5, 5.41) is 0. The summed E-state index contributed by atoms with van der Waals surface area (Å²) in [5.41, 5.74) is 1.93. The first-order chi connectivity index (χ1) is 9.15. The van der Waals surface area contributed by atoms with E-state index in [9.17, 15) is 4.79 Å². The van der Waals surface area contributed by atoms with Crippen molar-refractivity contribution in [3.63, 3.8) is 0 Å². The van der Waals surface area contributed by atoms with Gasteiger partial charge in [-0.25, -0.2) is 0 Å². The molecule has 0 spiro atoms. The van der Waals surface area contributed by atoms with Crippen LogP contribution in [0, 0.1) is 0 Å². The Morgan fingerprint density at radius 1 is 1.11 bits per heavy atom. The van der Waals surface area contributed by atoms with Crippen molar-refractivity contribution in [2.24, 2.45) is 0 Å². The van der Waals surface area contributed by atoms with Crippen LogP contribution in [0.25, 0.3) is 10.4 Å². The molecule has 100 valence electrons. The van der Waals surface area contributed by atoms with Crippen molar-refractivity contribution in [2.75, 3.05) is 13.6 Å². The molecule has 2 rings (SSSR count). The minimum atomic E-state index is 0.0782. The smallest absolute Gasteiger partial charge is 0.253 e. The Morgan fingerprint density at radius 2 is 1.79 bits per heavy atom. The van der Waals surface area contributed by atoms with Gasteiger partial charge in [0.2, 0.25) is 0 Å². The fourth-order valence-corrected chi connectivity index (χ4v) is 2.82. The molecular formula is C16H19NOS. The second-order valence-corrected chi connectivity index (χ2v) is 5.68. The molecule has 1 aromatic carbocycles. The molecule has 0 saturated heterocycles. The topological polar surface area (TPSA) is 20.3 Å². The van der Waals surface area contributed by atoms with Gasteiger partial charge in [-0.2, -0.15) is 0 Å². The third kappa shape index (κ3) is 3.04. The largest absolute Gasteiger partial charge is 0.342 e. The zero-order chi connectivity index (χ0) is 13.8. The third-order valence-electron chi connectivity index (χ3n) is 3.25. The molecule has 0 aliphatic rings. The van der Waals surface area contributed by atoms with Crippen molar-refractivity contribution in [3.8, 4) is 10.4 Å². The Hall–Kier alpha value is -1.61. The Bertz CT molecular complexity index is 556. The molecule has 0 fully saturated rings. The lowest BCUT2D eigenvalue weighted by Gasteiger charge is -2.14. The minimum absolute atomic E-state index is 0.0782. The first-order valence-electron chi connectivity index (χ1n) is 6.60. The molecule has 0 N–H and O–H groups in total. The van der Waals surface area contributed by atoms with Gasteiger partial charge in [0.05, 0.1) is 0 Å². The maximum Gasteiger partial charge on any atom is 0.253 e. The normalized spacial score (nSPS) is 10.5. The van der Waals surface area contributed by atoms with Crippen molar-refractivity contribution in [1.82, 2.24) is 4.90 Å². The van der Waals surface area contributed by atoms with E-state index in [1.54, 1.807) is 4.90 Å². The summed E-state index contributed by atoms with van der Waals surface area (Å²) < 4.78 is 0. The molecule has 0 aliphatic carbocycles. The Balaban J connectivity index is 2.20. The number of benzene rings is 1. The second-order valence-electron chi connectivity index (χ2n) is 4.52. The van der Waals surface area contributed by atoms with Crippen molar-refractivity contribution < 1.29 is 4.79 Å². The van der Waals surface area contributed by atoms with E-state index in [-0.39, 0.29) is 5.91 Å². The van der Waals surface area contributed by atoms with Crippen LogP contribution in [-0.4, -0.2) is 24.4 Å². The number of amides is 1. The maximum absolute atomic E-state index is 12.0. The summed E-state index contributed by atoms with van der Waals surface area (Å²) in [7, 11) is 1.82. The predicted octanol–water partition coefficient (Wildman–Crippen LogP) is 4.07. The molecule has 19 heavy (non-hydrogen) atoms. The van der Waals surface area contributed by atoms with Gasteiger partial charge >= 0.3 is 0 Å². The standard InChI is InChI=1S/C16H19NOS/c1-4-14-10-11-15(19-14)12-6-8-13(9-7-12)16(18)17(3)5-2/h6-11H,4-5H2,1-3H3. The lowest BCUT2D eigenvalue weighted by molar-refractivity contribution is 0.0802. The summed E-state index contributed by atoms with van der Waals surface area (Å²) in [6, 6.07) is 12.2. The van der Waals surface area contributed by atoms with E-state index in [0.717, 1.165) is 18.5 Å². The summed E-state index contributed by atoms with van der Waals surface area (Å²) in [5.74, 6) is 0.0782. The first-order valence-corrected chi connectivity index (χ1v) is 7.42. The molecular weight excluding hydrogens is 254 g/mol. The van der Waals surface area contributed by atoms with Crippen LogP contribution in [0.5, 0.6) is 0 Å². The summed E-state index contributed by atoms with van der Waals surface area (Å²) in [6.45, 7) is 4.87. The number of carbonyl (C=O) groups is 1. The lowest BCUT2D eigenvalue weighted by Crippen LogP contribution is -2.26. The van der Waals surface area contributed by atoms with Gasteiger partial charge in [-0.3, -0.25) is 4.79 Å². The highest BCUT2D eigenvalue weighted by atomic mass is 32.1. The van der Waals surface area contributed by atoms with Gasteiger partial charge < -0.3 is 4.90 Å². The van der Waals surface area contributed by atoms with Gasteiger partial charge in [0.1, 0.15) is 0 Å². The molecule has 0 radical (unpaired) electrons. The molecule has 3 heteroatoms. The molecule has 0 bridgehead atoms. The zero-order valence-electron chi connectivity index (χ0n) is 11.6. The van der Waals surface area contributed by atoms with Crippen molar-refractivity contribution >= 4 is 17.2 Å². The van der Waals surface area contributed by atoms with Crippen LogP contribution in [0.15, 0.2) is 36.4 Å². The molecule has 1 heterocycles.